The first-order valence-corrected chi connectivity index (χ1v) is 6.46. The predicted molar refractivity (Wildman–Crippen MR) is 77.9 cm³/mol. The third-order valence-electron chi connectivity index (χ3n) is 3.05. The Bertz CT molecular complexity index is 581. The molecule has 5 N–H and O–H groups in total. The summed E-state index contributed by atoms with van der Waals surface area (Å²) < 4.78 is 1.60. The van der Waals surface area contributed by atoms with Gasteiger partial charge in [0.05, 0.1) is 22.3 Å². The molecule has 1 unspecified atom stereocenters. The van der Waals surface area contributed by atoms with Crippen LogP contribution in [0.2, 0.25) is 10.0 Å². The molecule has 0 spiro atoms. The van der Waals surface area contributed by atoms with Gasteiger partial charge in [-0.2, -0.15) is 5.10 Å². The van der Waals surface area contributed by atoms with Crippen molar-refractivity contribution in [2.24, 2.45) is 12.9 Å². The SMILES string of the molecule is Cn1ncc(C(Cc2cccc(Cl)c2Cl)NN)c1N. The number of halogens is 2. The summed E-state index contributed by atoms with van der Waals surface area (Å²) in [6.45, 7) is 0. The fourth-order valence-electron chi connectivity index (χ4n) is 1.92. The van der Waals surface area contributed by atoms with E-state index < -0.39 is 0 Å². The average molecular weight is 300 g/mol. The van der Waals surface area contributed by atoms with Crippen LogP contribution in [0.15, 0.2) is 24.4 Å². The van der Waals surface area contributed by atoms with Crippen molar-refractivity contribution in [3.05, 3.63) is 45.6 Å². The number of benzene rings is 1. The molecule has 0 saturated heterocycles. The highest BCUT2D eigenvalue weighted by Crippen LogP contribution is 2.30. The number of aromatic nitrogens is 2. The van der Waals surface area contributed by atoms with E-state index >= 15 is 0 Å². The zero-order valence-corrected chi connectivity index (χ0v) is 11.9. The van der Waals surface area contributed by atoms with Crippen LogP contribution in [0.3, 0.4) is 0 Å². The first-order chi connectivity index (χ1) is 9.04. The van der Waals surface area contributed by atoms with Crippen LogP contribution < -0.4 is 17.0 Å². The molecular weight excluding hydrogens is 285 g/mol. The standard InChI is InChI=1S/C12H15Cl2N5/c1-19-12(15)8(6-17-19)10(18-16)5-7-3-2-4-9(13)11(7)14/h2-4,6,10,18H,5,15-16H2,1H3. The van der Waals surface area contributed by atoms with Gasteiger partial charge < -0.3 is 5.73 Å². The zero-order valence-electron chi connectivity index (χ0n) is 10.4. The van der Waals surface area contributed by atoms with Crippen LogP contribution in [-0.2, 0) is 13.5 Å². The monoisotopic (exact) mass is 299 g/mol. The Balaban J connectivity index is 2.29. The van der Waals surface area contributed by atoms with Crippen molar-refractivity contribution >= 4 is 29.0 Å². The molecule has 2 rings (SSSR count). The van der Waals surface area contributed by atoms with E-state index in [4.69, 9.17) is 34.8 Å². The second kappa shape index (κ2) is 5.79. The minimum Gasteiger partial charge on any atom is -0.384 e. The smallest absolute Gasteiger partial charge is 0.126 e. The number of rotatable bonds is 4. The molecular formula is C12H15Cl2N5. The van der Waals surface area contributed by atoms with Crippen LogP contribution >= 0.6 is 23.2 Å². The maximum absolute atomic E-state index is 6.17. The van der Waals surface area contributed by atoms with Crippen LogP contribution in [-0.4, -0.2) is 9.78 Å². The van der Waals surface area contributed by atoms with Crippen LogP contribution in [0.25, 0.3) is 0 Å². The first-order valence-electron chi connectivity index (χ1n) is 5.71. The van der Waals surface area contributed by atoms with Gasteiger partial charge in [0.1, 0.15) is 5.82 Å². The van der Waals surface area contributed by atoms with Crippen molar-refractivity contribution < 1.29 is 0 Å². The number of hydrogen-bond donors (Lipinski definition) is 3. The predicted octanol–water partition coefficient (Wildman–Crippen LogP) is 2.06. The van der Waals surface area contributed by atoms with Crippen molar-refractivity contribution in [2.45, 2.75) is 12.5 Å². The summed E-state index contributed by atoms with van der Waals surface area (Å²) >= 11 is 12.2. The van der Waals surface area contributed by atoms with Gasteiger partial charge in [-0.1, -0.05) is 35.3 Å². The van der Waals surface area contributed by atoms with Crippen molar-refractivity contribution in [2.75, 3.05) is 5.73 Å². The van der Waals surface area contributed by atoms with Gasteiger partial charge in [-0.05, 0) is 18.1 Å². The number of anilines is 1. The number of hydrogen-bond acceptors (Lipinski definition) is 4. The summed E-state index contributed by atoms with van der Waals surface area (Å²) in [7, 11) is 1.78. The molecule has 1 aromatic carbocycles. The molecule has 1 heterocycles. The van der Waals surface area contributed by atoms with Crippen LogP contribution in [0.4, 0.5) is 5.82 Å². The molecule has 0 aliphatic heterocycles. The van der Waals surface area contributed by atoms with Gasteiger partial charge in [0.15, 0.2) is 0 Å². The Morgan fingerprint density at radius 2 is 2.16 bits per heavy atom. The van der Waals surface area contributed by atoms with Crippen molar-refractivity contribution in [1.82, 2.24) is 15.2 Å². The highest BCUT2D eigenvalue weighted by atomic mass is 35.5. The third-order valence-corrected chi connectivity index (χ3v) is 3.90. The van der Waals surface area contributed by atoms with E-state index in [2.05, 4.69) is 10.5 Å². The third kappa shape index (κ3) is 2.84. The number of nitrogens with two attached hydrogens (primary N) is 2. The van der Waals surface area contributed by atoms with Crippen molar-refractivity contribution in [3.63, 3.8) is 0 Å². The molecule has 0 fully saturated rings. The van der Waals surface area contributed by atoms with E-state index in [0.717, 1.165) is 11.1 Å². The molecule has 1 aromatic heterocycles. The summed E-state index contributed by atoms with van der Waals surface area (Å²) in [5.41, 5.74) is 10.4. The fraction of sp³-hybridized carbons (Fsp3) is 0.250. The maximum atomic E-state index is 6.17. The van der Waals surface area contributed by atoms with E-state index in [1.807, 2.05) is 12.1 Å². The number of aryl methyl sites for hydroxylation is 1. The van der Waals surface area contributed by atoms with Crippen molar-refractivity contribution in [3.8, 4) is 0 Å². The molecule has 0 amide bonds. The van der Waals surface area contributed by atoms with Gasteiger partial charge in [-0.25, -0.2) is 0 Å². The van der Waals surface area contributed by atoms with E-state index in [9.17, 15) is 0 Å². The molecule has 7 heteroatoms. The Morgan fingerprint density at radius 1 is 1.42 bits per heavy atom. The second-order valence-electron chi connectivity index (χ2n) is 4.25. The Kier molecular flexibility index (Phi) is 4.31. The molecule has 0 aliphatic rings. The Morgan fingerprint density at radius 3 is 2.74 bits per heavy atom. The normalized spacial score (nSPS) is 12.6. The Hall–Kier alpha value is -1.27. The lowest BCUT2D eigenvalue weighted by molar-refractivity contribution is 0.553. The van der Waals surface area contributed by atoms with Crippen LogP contribution in [0.1, 0.15) is 17.2 Å². The molecule has 0 saturated carbocycles. The summed E-state index contributed by atoms with van der Waals surface area (Å²) in [4.78, 5) is 0. The van der Waals surface area contributed by atoms with Crippen LogP contribution in [0.5, 0.6) is 0 Å². The molecule has 0 aliphatic carbocycles. The lowest BCUT2D eigenvalue weighted by atomic mass is 10.0. The molecule has 2 aromatic rings. The van der Waals surface area contributed by atoms with Gasteiger partial charge >= 0.3 is 0 Å². The summed E-state index contributed by atoms with van der Waals surface area (Å²) in [5.74, 6) is 6.17. The summed E-state index contributed by atoms with van der Waals surface area (Å²) in [5, 5.41) is 5.16. The van der Waals surface area contributed by atoms with Crippen LogP contribution in [0, 0.1) is 0 Å². The van der Waals surface area contributed by atoms with Crippen molar-refractivity contribution in [1.29, 1.82) is 0 Å². The van der Waals surface area contributed by atoms with Gasteiger partial charge in [0, 0.05) is 12.6 Å². The van der Waals surface area contributed by atoms with Gasteiger partial charge in [-0.3, -0.25) is 16.0 Å². The van der Waals surface area contributed by atoms with Gasteiger partial charge in [0.2, 0.25) is 0 Å². The lowest BCUT2D eigenvalue weighted by Crippen LogP contribution is -2.30. The number of hydrazine groups is 1. The van der Waals surface area contributed by atoms with E-state index in [-0.39, 0.29) is 6.04 Å². The largest absolute Gasteiger partial charge is 0.384 e. The van der Waals surface area contributed by atoms with E-state index in [0.29, 0.717) is 22.3 Å². The molecule has 19 heavy (non-hydrogen) atoms. The molecule has 5 nitrogen and oxygen atoms in total. The molecule has 0 radical (unpaired) electrons. The topological polar surface area (TPSA) is 81.9 Å². The number of nitrogen functional groups attached to an aromatic ring is 1. The quantitative estimate of drug-likeness (QED) is 0.596. The highest BCUT2D eigenvalue weighted by Gasteiger charge is 2.18. The first kappa shape index (κ1) is 14.1. The second-order valence-corrected chi connectivity index (χ2v) is 5.03. The number of nitrogens with one attached hydrogen (secondary N) is 1. The minimum atomic E-state index is -0.176. The van der Waals surface area contributed by atoms with E-state index in [1.165, 1.54) is 0 Å². The number of nitrogens with zero attached hydrogens (tertiary/aromatic N) is 2. The summed E-state index contributed by atoms with van der Waals surface area (Å²) in [6.07, 6.45) is 2.27. The average Bonchev–Trinajstić information content (AvgIpc) is 2.72. The minimum absolute atomic E-state index is 0.176. The Labute approximate surface area is 121 Å². The van der Waals surface area contributed by atoms with Gasteiger partial charge in [0.25, 0.3) is 0 Å². The van der Waals surface area contributed by atoms with E-state index in [1.54, 1.807) is 24.0 Å². The fourth-order valence-corrected chi connectivity index (χ4v) is 2.31. The molecule has 1 atom stereocenters. The zero-order chi connectivity index (χ0) is 14.0. The maximum Gasteiger partial charge on any atom is 0.126 e. The molecule has 102 valence electrons. The highest BCUT2D eigenvalue weighted by molar-refractivity contribution is 6.42. The summed E-state index contributed by atoms with van der Waals surface area (Å²) in [6, 6.07) is 5.33. The molecule has 0 bridgehead atoms. The van der Waals surface area contributed by atoms with Gasteiger partial charge in [-0.15, -0.1) is 0 Å². The lowest BCUT2D eigenvalue weighted by Gasteiger charge is -2.16.